The van der Waals surface area contributed by atoms with E-state index in [-0.39, 0.29) is 22.7 Å². The fraction of sp³-hybridized carbons (Fsp3) is 0.462. The van der Waals surface area contributed by atoms with Crippen molar-refractivity contribution in [2.45, 2.75) is 39.5 Å². The van der Waals surface area contributed by atoms with E-state index in [0.717, 1.165) is 12.0 Å². The van der Waals surface area contributed by atoms with E-state index in [2.05, 4.69) is 5.32 Å². The second kappa shape index (κ2) is 5.16. The molecule has 0 atom stereocenters. The number of carbonyl (C=O) groups is 1. The first-order valence-electron chi connectivity index (χ1n) is 5.84. The predicted octanol–water partition coefficient (Wildman–Crippen LogP) is 3.24. The fourth-order valence-corrected chi connectivity index (χ4v) is 1.60. The summed E-state index contributed by atoms with van der Waals surface area (Å²) in [5.41, 5.74) is 0.942. The molecule has 0 bridgehead atoms. The first-order chi connectivity index (χ1) is 8.27. The highest BCUT2D eigenvalue weighted by Crippen LogP contribution is 2.33. The molecule has 98 valence electrons. The van der Waals surface area contributed by atoms with Crippen molar-refractivity contribution in [1.29, 1.82) is 0 Å². The zero-order valence-corrected chi connectivity index (χ0v) is 11.1. The number of nitrogens with one attached hydrogen (secondary N) is 1. The largest absolute Gasteiger partial charge is 0.321 e. The maximum absolute atomic E-state index is 11.0. The van der Waals surface area contributed by atoms with E-state index in [1.54, 1.807) is 6.07 Å². The smallest absolute Gasteiger partial charge is 0.293 e. The Hall–Kier alpha value is -1.91. The average Bonchev–Trinajstić information content (AvgIpc) is 2.28. The lowest BCUT2D eigenvalue weighted by atomic mass is 9.82. The Morgan fingerprint density at radius 1 is 1.44 bits per heavy atom. The van der Waals surface area contributed by atoms with E-state index in [1.807, 2.05) is 26.8 Å². The van der Waals surface area contributed by atoms with Crippen LogP contribution >= 0.6 is 0 Å². The van der Waals surface area contributed by atoms with Crippen LogP contribution in [0, 0.1) is 10.1 Å². The minimum Gasteiger partial charge on any atom is -0.321 e. The molecule has 1 aromatic carbocycles. The van der Waals surface area contributed by atoms with Gasteiger partial charge in [0.2, 0.25) is 5.91 Å². The molecule has 0 fully saturated rings. The molecule has 0 spiro atoms. The van der Waals surface area contributed by atoms with Crippen LogP contribution in [-0.4, -0.2) is 10.8 Å². The fourth-order valence-electron chi connectivity index (χ4n) is 1.60. The molecular formula is C13H18N2O3. The highest BCUT2D eigenvalue weighted by molar-refractivity contribution is 5.91. The molecule has 1 rings (SSSR count). The number of nitro groups is 1. The van der Waals surface area contributed by atoms with Gasteiger partial charge in [-0.3, -0.25) is 14.9 Å². The molecule has 0 radical (unpaired) electrons. The van der Waals surface area contributed by atoms with E-state index in [1.165, 1.54) is 13.0 Å². The maximum atomic E-state index is 11.0. The number of rotatable bonds is 4. The SMILES string of the molecule is CCC(C)(C)c1ccc(NC(C)=O)c([N+](=O)[O-])c1. The van der Waals surface area contributed by atoms with Crippen molar-refractivity contribution in [3.63, 3.8) is 0 Å². The van der Waals surface area contributed by atoms with Crippen molar-refractivity contribution >= 4 is 17.3 Å². The van der Waals surface area contributed by atoms with Crippen LogP contribution in [0.15, 0.2) is 18.2 Å². The molecule has 5 heteroatoms. The maximum Gasteiger partial charge on any atom is 0.293 e. The summed E-state index contributed by atoms with van der Waals surface area (Å²) in [4.78, 5) is 21.5. The van der Waals surface area contributed by atoms with Crippen LogP contribution < -0.4 is 5.32 Å². The number of nitrogens with zero attached hydrogens (tertiary/aromatic N) is 1. The van der Waals surface area contributed by atoms with Gasteiger partial charge in [-0.2, -0.15) is 0 Å². The normalized spacial score (nSPS) is 11.1. The molecule has 0 saturated heterocycles. The minimum absolute atomic E-state index is 0.0655. The summed E-state index contributed by atoms with van der Waals surface area (Å²) in [6.07, 6.45) is 0.879. The molecule has 0 aliphatic heterocycles. The number of amides is 1. The van der Waals surface area contributed by atoms with Crippen molar-refractivity contribution in [3.05, 3.63) is 33.9 Å². The van der Waals surface area contributed by atoms with E-state index in [9.17, 15) is 14.9 Å². The van der Waals surface area contributed by atoms with Crippen molar-refractivity contribution in [3.8, 4) is 0 Å². The van der Waals surface area contributed by atoms with Crippen molar-refractivity contribution in [2.24, 2.45) is 0 Å². The molecule has 18 heavy (non-hydrogen) atoms. The summed E-state index contributed by atoms with van der Waals surface area (Å²) in [5.74, 6) is -0.319. The molecule has 1 N–H and O–H groups in total. The lowest BCUT2D eigenvalue weighted by molar-refractivity contribution is -0.384. The second-order valence-corrected chi connectivity index (χ2v) is 4.91. The number of benzene rings is 1. The van der Waals surface area contributed by atoms with Crippen LogP contribution in [0.3, 0.4) is 0 Å². The van der Waals surface area contributed by atoms with Crippen LogP contribution in [0.4, 0.5) is 11.4 Å². The van der Waals surface area contributed by atoms with Crippen LogP contribution in [0.1, 0.15) is 39.7 Å². The highest BCUT2D eigenvalue weighted by atomic mass is 16.6. The third kappa shape index (κ3) is 3.06. The predicted molar refractivity (Wildman–Crippen MR) is 70.7 cm³/mol. The van der Waals surface area contributed by atoms with E-state index in [0.29, 0.717) is 0 Å². The van der Waals surface area contributed by atoms with Crippen molar-refractivity contribution < 1.29 is 9.72 Å². The first-order valence-corrected chi connectivity index (χ1v) is 5.84. The first kappa shape index (κ1) is 14.2. The van der Waals surface area contributed by atoms with Gasteiger partial charge in [0, 0.05) is 13.0 Å². The van der Waals surface area contributed by atoms with Crippen LogP contribution in [0.2, 0.25) is 0 Å². The van der Waals surface area contributed by atoms with Crippen molar-refractivity contribution in [1.82, 2.24) is 0 Å². The Kier molecular flexibility index (Phi) is 4.06. The topological polar surface area (TPSA) is 72.2 Å². The summed E-state index contributed by atoms with van der Waals surface area (Å²) < 4.78 is 0. The van der Waals surface area contributed by atoms with Crippen LogP contribution in [0.5, 0.6) is 0 Å². The Balaban J connectivity index is 3.27. The van der Waals surface area contributed by atoms with Gasteiger partial charge >= 0.3 is 0 Å². The van der Waals surface area contributed by atoms with Gasteiger partial charge in [0.25, 0.3) is 5.69 Å². The lowest BCUT2D eigenvalue weighted by Crippen LogP contribution is -2.16. The van der Waals surface area contributed by atoms with Gasteiger partial charge in [0.15, 0.2) is 0 Å². The molecule has 0 aliphatic carbocycles. The minimum atomic E-state index is -0.472. The molecule has 5 nitrogen and oxygen atoms in total. The van der Waals surface area contributed by atoms with E-state index < -0.39 is 4.92 Å². The van der Waals surface area contributed by atoms with Gasteiger partial charge in [-0.1, -0.05) is 26.8 Å². The van der Waals surface area contributed by atoms with Crippen LogP contribution in [0.25, 0.3) is 0 Å². The Morgan fingerprint density at radius 2 is 2.06 bits per heavy atom. The van der Waals surface area contributed by atoms with Gasteiger partial charge in [0.1, 0.15) is 5.69 Å². The molecular weight excluding hydrogens is 232 g/mol. The molecule has 1 amide bonds. The molecule has 0 heterocycles. The Labute approximate surface area is 106 Å². The molecule has 1 aromatic rings. The number of hydrogen-bond donors (Lipinski definition) is 1. The molecule has 0 saturated carbocycles. The Bertz CT molecular complexity index is 481. The third-order valence-corrected chi connectivity index (χ3v) is 3.17. The van der Waals surface area contributed by atoms with Gasteiger partial charge < -0.3 is 5.32 Å². The number of anilines is 1. The number of nitro benzene ring substituents is 1. The van der Waals surface area contributed by atoms with E-state index in [4.69, 9.17) is 0 Å². The molecule has 0 aromatic heterocycles. The molecule has 0 aliphatic rings. The molecule has 0 unspecified atom stereocenters. The standard InChI is InChI=1S/C13H18N2O3/c1-5-13(3,4)10-6-7-11(14-9(2)16)12(8-10)15(17)18/h6-8H,5H2,1-4H3,(H,14,16). The van der Waals surface area contributed by atoms with Crippen molar-refractivity contribution in [2.75, 3.05) is 5.32 Å². The zero-order chi connectivity index (χ0) is 13.9. The monoisotopic (exact) mass is 250 g/mol. The van der Waals surface area contributed by atoms with E-state index >= 15 is 0 Å². The summed E-state index contributed by atoms with van der Waals surface area (Å²) in [5, 5.41) is 13.5. The lowest BCUT2D eigenvalue weighted by Gasteiger charge is -2.23. The summed E-state index contributed by atoms with van der Waals surface area (Å²) >= 11 is 0. The quantitative estimate of drug-likeness (QED) is 0.658. The second-order valence-electron chi connectivity index (χ2n) is 4.91. The van der Waals surface area contributed by atoms with Gasteiger partial charge in [-0.15, -0.1) is 0 Å². The van der Waals surface area contributed by atoms with Gasteiger partial charge in [-0.05, 0) is 23.5 Å². The van der Waals surface area contributed by atoms with Gasteiger partial charge in [0.05, 0.1) is 4.92 Å². The number of hydrogen-bond acceptors (Lipinski definition) is 3. The number of carbonyl (C=O) groups excluding carboxylic acids is 1. The highest BCUT2D eigenvalue weighted by Gasteiger charge is 2.23. The van der Waals surface area contributed by atoms with Crippen LogP contribution in [-0.2, 0) is 10.2 Å². The average molecular weight is 250 g/mol. The third-order valence-electron chi connectivity index (χ3n) is 3.17. The Morgan fingerprint density at radius 3 is 2.50 bits per heavy atom. The summed E-state index contributed by atoms with van der Waals surface area (Å²) in [6.45, 7) is 7.43. The zero-order valence-electron chi connectivity index (χ0n) is 11.1. The summed E-state index contributed by atoms with van der Waals surface area (Å²) in [7, 11) is 0. The van der Waals surface area contributed by atoms with Gasteiger partial charge in [-0.25, -0.2) is 0 Å². The summed E-state index contributed by atoms with van der Waals surface area (Å²) in [6, 6.07) is 4.95.